The zero-order valence-corrected chi connectivity index (χ0v) is 11.7. The van der Waals surface area contributed by atoms with Gasteiger partial charge in [0.25, 0.3) is 5.69 Å². The van der Waals surface area contributed by atoms with Crippen LogP contribution in [0, 0.1) is 10.1 Å². The third-order valence-electron chi connectivity index (χ3n) is 3.47. The van der Waals surface area contributed by atoms with Crippen molar-refractivity contribution in [3.63, 3.8) is 0 Å². The van der Waals surface area contributed by atoms with Crippen molar-refractivity contribution in [2.24, 2.45) is 0 Å². The van der Waals surface area contributed by atoms with E-state index in [1.54, 1.807) is 12.1 Å². The van der Waals surface area contributed by atoms with Crippen molar-refractivity contribution in [2.75, 3.05) is 0 Å². The van der Waals surface area contributed by atoms with Crippen LogP contribution in [0.1, 0.15) is 16.7 Å². The van der Waals surface area contributed by atoms with Crippen molar-refractivity contribution in [3.05, 3.63) is 75.3 Å². The molecule has 5 heteroatoms. The maximum Gasteiger partial charge on any atom is 0.274 e. The Kier molecular flexibility index (Phi) is 4.37. The third-order valence-corrected chi connectivity index (χ3v) is 3.47. The summed E-state index contributed by atoms with van der Waals surface area (Å²) in [5, 5.41) is 11.0. The van der Waals surface area contributed by atoms with Gasteiger partial charge in [-0.3, -0.25) is 15.0 Å². The Morgan fingerprint density at radius 2 is 1.80 bits per heavy atom. The first kappa shape index (κ1) is 14.5. The molecule has 2 aromatic rings. The first-order valence-electron chi connectivity index (χ1n) is 6.25. The summed E-state index contributed by atoms with van der Waals surface area (Å²) in [7, 11) is 0. The number of fused-ring (bicyclic) bond motifs is 1. The highest BCUT2D eigenvalue weighted by Crippen LogP contribution is 2.31. The van der Waals surface area contributed by atoms with Gasteiger partial charge in [0.1, 0.15) is 0 Å². The lowest BCUT2D eigenvalue weighted by Crippen LogP contribution is -2.15. The van der Waals surface area contributed by atoms with Crippen LogP contribution in [0.2, 0.25) is 0 Å². The van der Waals surface area contributed by atoms with Crippen molar-refractivity contribution < 1.29 is 4.92 Å². The molecule has 0 spiro atoms. The van der Waals surface area contributed by atoms with Crippen LogP contribution in [0.25, 0.3) is 0 Å². The molecule has 3 rings (SSSR count). The zero-order valence-electron chi connectivity index (χ0n) is 10.9. The predicted octanol–water partition coefficient (Wildman–Crippen LogP) is 3.53. The maximum absolute atomic E-state index is 11.0. The number of halogens is 1. The molecule has 2 aromatic carbocycles. The highest BCUT2D eigenvalue weighted by atomic mass is 35.5. The van der Waals surface area contributed by atoms with Gasteiger partial charge in [0.2, 0.25) is 0 Å². The van der Waals surface area contributed by atoms with Crippen molar-refractivity contribution in [1.82, 2.24) is 4.90 Å². The van der Waals surface area contributed by atoms with E-state index >= 15 is 0 Å². The number of rotatable bonds is 3. The van der Waals surface area contributed by atoms with Crippen LogP contribution in [0.4, 0.5) is 5.69 Å². The first-order chi connectivity index (χ1) is 9.24. The van der Waals surface area contributed by atoms with E-state index in [1.165, 1.54) is 5.56 Å². The van der Waals surface area contributed by atoms with Crippen LogP contribution in [0.3, 0.4) is 0 Å². The lowest BCUT2D eigenvalue weighted by molar-refractivity contribution is -0.385. The summed E-state index contributed by atoms with van der Waals surface area (Å²) in [5.41, 5.74) is 3.42. The molecule has 20 heavy (non-hydrogen) atoms. The van der Waals surface area contributed by atoms with Crippen LogP contribution < -0.4 is 0 Å². The van der Waals surface area contributed by atoms with Gasteiger partial charge >= 0.3 is 0 Å². The quantitative estimate of drug-likeness (QED) is 0.642. The number of nitro benzene ring substituents is 1. The molecule has 0 bridgehead atoms. The zero-order chi connectivity index (χ0) is 13.2. The van der Waals surface area contributed by atoms with E-state index in [2.05, 4.69) is 17.0 Å². The summed E-state index contributed by atoms with van der Waals surface area (Å²) in [5.74, 6) is 0. The standard InChI is InChI=1S/C15H14N2O2.ClH/c18-17(19)15-8-4-7-13-10-16(11-14(13)15)9-12-5-2-1-3-6-12;/h1-8H,9-11H2;1H. The summed E-state index contributed by atoms with van der Waals surface area (Å²) >= 11 is 0. The molecule has 4 nitrogen and oxygen atoms in total. The summed E-state index contributed by atoms with van der Waals surface area (Å²) in [6.07, 6.45) is 0. The van der Waals surface area contributed by atoms with Gasteiger partial charge in [-0.15, -0.1) is 12.4 Å². The largest absolute Gasteiger partial charge is 0.290 e. The molecule has 104 valence electrons. The van der Waals surface area contributed by atoms with Gasteiger partial charge in [0.15, 0.2) is 0 Å². The monoisotopic (exact) mass is 290 g/mol. The lowest BCUT2D eigenvalue weighted by Gasteiger charge is -2.14. The Bertz CT molecular complexity index is 617. The molecule has 0 saturated heterocycles. The molecule has 0 aliphatic carbocycles. The second-order valence-electron chi connectivity index (χ2n) is 4.80. The minimum absolute atomic E-state index is 0. The normalized spacial score (nSPS) is 13.6. The molecule has 0 aromatic heterocycles. The summed E-state index contributed by atoms with van der Waals surface area (Å²) < 4.78 is 0. The van der Waals surface area contributed by atoms with Crippen LogP contribution in [0.5, 0.6) is 0 Å². The average Bonchev–Trinajstić information content (AvgIpc) is 2.81. The molecule has 1 heterocycles. The summed E-state index contributed by atoms with van der Waals surface area (Å²) in [6, 6.07) is 15.5. The number of nitrogens with zero attached hydrogens (tertiary/aromatic N) is 2. The van der Waals surface area contributed by atoms with Gasteiger partial charge in [-0.25, -0.2) is 0 Å². The third kappa shape index (κ3) is 2.81. The van der Waals surface area contributed by atoms with Gasteiger partial charge in [-0.05, 0) is 11.1 Å². The lowest BCUT2D eigenvalue weighted by atomic mass is 10.1. The highest BCUT2D eigenvalue weighted by Gasteiger charge is 2.26. The van der Waals surface area contributed by atoms with E-state index < -0.39 is 0 Å². The fourth-order valence-electron chi connectivity index (χ4n) is 2.60. The first-order valence-corrected chi connectivity index (χ1v) is 6.25. The molecular weight excluding hydrogens is 276 g/mol. The van der Waals surface area contributed by atoms with E-state index in [1.807, 2.05) is 24.3 Å². The Morgan fingerprint density at radius 1 is 1.05 bits per heavy atom. The van der Waals surface area contributed by atoms with E-state index in [4.69, 9.17) is 0 Å². The van der Waals surface area contributed by atoms with Crippen LogP contribution in [0.15, 0.2) is 48.5 Å². The highest BCUT2D eigenvalue weighted by molar-refractivity contribution is 5.85. The Morgan fingerprint density at radius 3 is 2.50 bits per heavy atom. The van der Waals surface area contributed by atoms with Crippen molar-refractivity contribution >= 4 is 18.1 Å². The number of hydrogen-bond acceptors (Lipinski definition) is 3. The Labute approximate surface area is 123 Å². The van der Waals surface area contributed by atoms with Gasteiger partial charge < -0.3 is 0 Å². The minimum Gasteiger partial charge on any atom is -0.290 e. The number of benzene rings is 2. The maximum atomic E-state index is 11.0. The molecule has 0 radical (unpaired) electrons. The van der Waals surface area contributed by atoms with Gasteiger partial charge in [-0.1, -0.05) is 42.5 Å². The molecule has 0 N–H and O–H groups in total. The molecule has 0 amide bonds. The van der Waals surface area contributed by atoms with Crippen molar-refractivity contribution in [2.45, 2.75) is 19.6 Å². The number of hydrogen-bond donors (Lipinski definition) is 0. The fraction of sp³-hybridized carbons (Fsp3) is 0.200. The van der Waals surface area contributed by atoms with Crippen LogP contribution in [-0.2, 0) is 19.6 Å². The topological polar surface area (TPSA) is 46.4 Å². The van der Waals surface area contributed by atoms with Crippen LogP contribution in [-0.4, -0.2) is 9.82 Å². The molecular formula is C15H15ClN2O2. The second-order valence-corrected chi connectivity index (χ2v) is 4.80. The molecule has 1 aliphatic rings. The van der Waals surface area contributed by atoms with E-state index in [0.29, 0.717) is 6.54 Å². The molecule has 0 fully saturated rings. The molecule has 1 aliphatic heterocycles. The Hall–Kier alpha value is -1.91. The molecule has 0 atom stereocenters. The van der Waals surface area contributed by atoms with Gasteiger partial charge in [0.05, 0.1) is 4.92 Å². The summed E-state index contributed by atoms with van der Waals surface area (Å²) in [6.45, 7) is 2.26. The molecule has 0 unspecified atom stereocenters. The average molecular weight is 291 g/mol. The van der Waals surface area contributed by atoms with Crippen molar-refractivity contribution in [1.29, 1.82) is 0 Å². The smallest absolute Gasteiger partial charge is 0.274 e. The summed E-state index contributed by atoms with van der Waals surface area (Å²) in [4.78, 5) is 13.0. The van der Waals surface area contributed by atoms with Gasteiger partial charge in [0, 0.05) is 31.3 Å². The van der Waals surface area contributed by atoms with Crippen molar-refractivity contribution in [3.8, 4) is 0 Å². The second kappa shape index (κ2) is 6.03. The van der Waals surface area contributed by atoms with E-state index in [9.17, 15) is 10.1 Å². The Balaban J connectivity index is 0.00000147. The fourth-order valence-corrected chi connectivity index (χ4v) is 2.60. The van der Waals surface area contributed by atoms with E-state index in [-0.39, 0.29) is 23.0 Å². The molecule has 0 saturated carbocycles. The van der Waals surface area contributed by atoms with Crippen LogP contribution >= 0.6 is 12.4 Å². The van der Waals surface area contributed by atoms with E-state index in [0.717, 1.165) is 24.2 Å². The minimum atomic E-state index is -0.287. The SMILES string of the molecule is Cl.O=[N+]([O-])c1cccc2c1CN(Cc1ccccc1)C2. The predicted molar refractivity (Wildman–Crippen MR) is 79.7 cm³/mol. The number of nitro groups is 1. The van der Waals surface area contributed by atoms with Gasteiger partial charge in [-0.2, -0.15) is 0 Å².